The highest BCUT2D eigenvalue weighted by Gasteiger charge is 2.24. The maximum atomic E-state index is 12.2. The molecule has 22 heavy (non-hydrogen) atoms. The minimum atomic E-state index is -0.802. The Morgan fingerprint density at radius 1 is 1.36 bits per heavy atom. The molecule has 0 aliphatic rings. The Kier molecular flexibility index (Phi) is 6.78. The zero-order chi connectivity index (χ0) is 16.6. The molecule has 0 unspecified atom stereocenters. The molecule has 1 atom stereocenters. The topological polar surface area (TPSA) is 101 Å². The van der Waals surface area contributed by atoms with Crippen LogP contribution in [-0.2, 0) is 9.53 Å². The van der Waals surface area contributed by atoms with E-state index in [2.05, 4.69) is 15.6 Å². The second kappa shape index (κ2) is 8.33. The fourth-order valence-electron chi connectivity index (χ4n) is 1.66. The third kappa shape index (κ3) is 7.03. The van der Waals surface area contributed by atoms with Crippen LogP contribution in [0, 0.1) is 0 Å². The molecule has 1 rings (SSSR count). The zero-order valence-electron chi connectivity index (χ0n) is 13.1. The number of ether oxygens (including phenoxy) is 1. The van der Waals surface area contributed by atoms with Crippen LogP contribution in [0.25, 0.3) is 0 Å². The number of nitrogens with zero attached hydrogens (tertiary/aromatic N) is 1. The Labute approximate surface area is 130 Å². The SMILES string of the molecule is CC(C)(C)OC(=O)N[C@@H](CCCO)C(=O)Nc1ccccn1. The summed E-state index contributed by atoms with van der Waals surface area (Å²) in [5.74, 6) is -0.00880. The highest BCUT2D eigenvalue weighted by atomic mass is 16.6. The predicted octanol–water partition coefficient (Wildman–Crippen LogP) is 1.69. The standard InChI is InChI=1S/C15H23N3O4/c1-15(2,3)22-14(21)17-11(7-6-10-19)13(20)18-12-8-4-5-9-16-12/h4-5,8-9,11,19H,6-7,10H2,1-3H3,(H,17,21)(H,16,18,20)/t11-/m0/s1. The molecule has 0 fully saturated rings. The monoisotopic (exact) mass is 309 g/mol. The number of rotatable bonds is 6. The van der Waals surface area contributed by atoms with E-state index >= 15 is 0 Å². The Balaban J connectivity index is 2.66. The molecule has 0 aromatic carbocycles. The van der Waals surface area contributed by atoms with Crippen molar-refractivity contribution in [2.75, 3.05) is 11.9 Å². The van der Waals surface area contributed by atoms with Gasteiger partial charge in [0.1, 0.15) is 17.5 Å². The van der Waals surface area contributed by atoms with Gasteiger partial charge in [0.05, 0.1) is 0 Å². The Hall–Kier alpha value is -2.15. The van der Waals surface area contributed by atoms with E-state index < -0.39 is 23.6 Å². The molecule has 0 saturated carbocycles. The number of nitrogens with one attached hydrogen (secondary N) is 2. The zero-order valence-corrected chi connectivity index (χ0v) is 13.1. The number of aromatic nitrogens is 1. The molecule has 7 nitrogen and oxygen atoms in total. The number of hydrogen-bond donors (Lipinski definition) is 3. The van der Waals surface area contributed by atoms with Crippen LogP contribution in [0.15, 0.2) is 24.4 Å². The van der Waals surface area contributed by atoms with E-state index in [1.54, 1.807) is 45.2 Å². The largest absolute Gasteiger partial charge is 0.444 e. The van der Waals surface area contributed by atoms with Gasteiger partial charge in [0.2, 0.25) is 5.91 Å². The molecule has 7 heteroatoms. The van der Waals surface area contributed by atoms with Crippen molar-refractivity contribution >= 4 is 17.8 Å². The van der Waals surface area contributed by atoms with Gasteiger partial charge in [0, 0.05) is 12.8 Å². The maximum Gasteiger partial charge on any atom is 0.408 e. The van der Waals surface area contributed by atoms with Gasteiger partial charge in [-0.05, 0) is 45.7 Å². The summed E-state index contributed by atoms with van der Waals surface area (Å²) in [6.07, 6.45) is 1.57. The van der Waals surface area contributed by atoms with E-state index in [1.165, 1.54) is 0 Å². The summed E-state index contributed by atoms with van der Waals surface area (Å²) in [5.41, 5.74) is -0.650. The first-order chi connectivity index (χ1) is 10.3. The van der Waals surface area contributed by atoms with Gasteiger partial charge in [-0.3, -0.25) is 4.79 Å². The summed E-state index contributed by atoms with van der Waals surface area (Å²) in [5, 5.41) is 14.1. The van der Waals surface area contributed by atoms with Gasteiger partial charge in [0.15, 0.2) is 0 Å². The van der Waals surface area contributed by atoms with Crippen LogP contribution < -0.4 is 10.6 Å². The quantitative estimate of drug-likeness (QED) is 0.742. The van der Waals surface area contributed by atoms with E-state index in [-0.39, 0.29) is 6.61 Å². The summed E-state index contributed by atoms with van der Waals surface area (Å²) in [4.78, 5) is 28.0. The molecule has 122 valence electrons. The van der Waals surface area contributed by atoms with Crippen molar-refractivity contribution in [1.82, 2.24) is 10.3 Å². The summed E-state index contributed by atoms with van der Waals surface area (Å²) in [7, 11) is 0. The molecule has 0 aliphatic carbocycles. The Bertz CT molecular complexity index is 485. The fourth-order valence-corrected chi connectivity index (χ4v) is 1.66. The molecule has 1 aromatic heterocycles. The normalized spacial score (nSPS) is 12.4. The van der Waals surface area contributed by atoms with Gasteiger partial charge < -0.3 is 20.5 Å². The van der Waals surface area contributed by atoms with Crippen molar-refractivity contribution < 1.29 is 19.4 Å². The number of carbonyl (C=O) groups excluding carboxylic acids is 2. The summed E-state index contributed by atoms with van der Waals surface area (Å²) in [6, 6.07) is 4.32. The third-order valence-corrected chi connectivity index (χ3v) is 2.57. The van der Waals surface area contributed by atoms with E-state index in [4.69, 9.17) is 9.84 Å². The molecule has 3 N–H and O–H groups in total. The summed E-state index contributed by atoms with van der Waals surface area (Å²) >= 11 is 0. The molecule has 0 saturated heterocycles. The highest BCUT2D eigenvalue weighted by molar-refractivity contribution is 5.95. The van der Waals surface area contributed by atoms with Gasteiger partial charge in [-0.2, -0.15) is 0 Å². The summed E-state index contributed by atoms with van der Waals surface area (Å²) in [6.45, 7) is 5.15. The number of carbonyl (C=O) groups is 2. The van der Waals surface area contributed by atoms with Crippen LogP contribution in [-0.4, -0.2) is 40.3 Å². The molecule has 0 aliphatic heterocycles. The van der Waals surface area contributed by atoms with E-state index in [1.807, 2.05) is 0 Å². The third-order valence-electron chi connectivity index (χ3n) is 2.57. The van der Waals surface area contributed by atoms with Crippen LogP contribution in [0.2, 0.25) is 0 Å². The van der Waals surface area contributed by atoms with Crippen molar-refractivity contribution in [3.63, 3.8) is 0 Å². The first-order valence-electron chi connectivity index (χ1n) is 7.14. The van der Waals surface area contributed by atoms with Gasteiger partial charge in [-0.1, -0.05) is 6.07 Å². The first-order valence-corrected chi connectivity index (χ1v) is 7.14. The average molecular weight is 309 g/mol. The Morgan fingerprint density at radius 2 is 2.09 bits per heavy atom. The maximum absolute atomic E-state index is 12.2. The number of alkyl carbamates (subject to hydrolysis) is 1. The van der Waals surface area contributed by atoms with E-state index in [0.717, 1.165) is 0 Å². The second-order valence-electron chi connectivity index (χ2n) is 5.77. The van der Waals surface area contributed by atoms with E-state index in [0.29, 0.717) is 18.7 Å². The minimum absolute atomic E-state index is 0.0661. The lowest BCUT2D eigenvalue weighted by Crippen LogP contribution is -2.46. The molecule has 2 amide bonds. The smallest absolute Gasteiger partial charge is 0.408 e. The van der Waals surface area contributed by atoms with Gasteiger partial charge >= 0.3 is 6.09 Å². The van der Waals surface area contributed by atoms with Crippen LogP contribution in [0.3, 0.4) is 0 Å². The molecular formula is C15H23N3O4. The van der Waals surface area contributed by atoms with Gasteiger partial charge in [-0.25, -0.2) is 9.78 Å². The molecule has 0 bridgehead atoms. The molecule has 0 spiro atoms. The van der Waals surface area contributed by atoms with Crippen LogP contribution >= 0.6 is 0 Å². The predicted molar refractivity (Wildman–Crippen MR) is 82.3 cm³/mol. The van der Waals surface area contributed by atoms with Crippen LogP contribution in [0.1, 0.15) is 33.6 Å². The molecule has 0 radical (unpaired) electrons. The molecule has 1 aromatic rings. The molecule has 1 heterocycles. The highest BCUT2D eigenvalue weighted by Crippen LogP contribution is 2.09. The van der Waals surface area contributed by atoms with Crippen molar-refractivity contribution in [2.24, 2.45) is 0 Å². The van der Waals surface area contributed by atoms with Crippen molar-refractivity contribution in [3.05, 3.63) is 24.4 Å². The number of hydrogen-bond acceptors (Lipinski definition) is 5. The van der Waals surface area contributed by atoms with Crippen molar-refractivity contribution in [1.29, 1.82) is 0 Å². The number of anilines is 1. The second-order valence-corrected chi connectivity index (χ2v) is 5.77. The van der Waals surface area contributed by atoms with Crippen LogP contribution in [0.5, 0.6) is 0 Å². The number of amides is 2. The first kappa shape index (κ1) is 17.9. The average Bonchev–Trinajstić information content (AvgIpc) is 2.42. The lowest BCUT2D eigenvalue weighted by molar-refractivity contribution is -0.118. The van der Waals surface area contributed by atoms with Crippen LogP contribution in [0.4, 0.5) is 10.6 Å². The fraction of sp³-hybridized carbons (Fsp3) is 0.533. The number of aliphatic hydroxyl groups excluding tert-OH is 1. The lowest BCUT2D eigenvalue weighted by Gasteiger charge is -2.23. The van der Waals surface area contributed by atoms with Gasteiger partial charge in [-0.15, -0.1) is 0 Å². The minimum Gasteiger partial charge on any atom is -0.444 e. The van der Waals surface area contributed by atoms with Crippen molar-refractivity contribution in [2.45, 2.75) is 45.3 Å². The van der Waals surface area contributed by atoms with Crippen molar-refractivity contribution in [3.8, 4) is 0 Å². The Morgan fingerprint density at radius 3 is 2.64 bits per heavy atom. The summed E-state index contributed by atoms with van der Waals surface area (Å²) < 4.78 is 5.14. The number of pyridine rings is 1. The number of aliphatic hydroxyl groups is 1. The van der Waals surface area contributed by atoms with E-state index in [9.17, 15) is 9.59 Å². The lowest BCUT2D eigenvalue weighted by atomic mass is 10.1. The molecular weight excluding hydrogens is 286 g/mol. The van der Waals surface area contributed by atoms with Gasteiger partial charge in [0.25, 0.3) is 0 Å².